The Hall–Kier alpha value is -0.780. The van der Waals surface area contributed by atoms with Gasteiger partial charge in [-0.05, 0) is 30.6 Å². The molecule has 1 aliphatic carbocycles. The predicted molar refractivity (Wildman–Crippen MR) is 63.3 cm³/mol. The Bertz CT molecular complexity index is 315. The van der Waals surface area contributed by atoms with E-state index in [0.29, 0.717) is 12.3 Å². The van der Waals surface area contributed by atoms with Crippen molar-refractivity contribution < 1.29 is 27.8 Å². The standard InChI is InChI=1S/C13H21F3O3/c1-7(2)9-5-4-8(3)6-10(9)19-12(18)11(17)13(14,15)16/h7-11,17H,4-6H2,1-3H3. The van der Waals surface area contributed by atoms with Gasteiger partial charge in [-0.2, -0.15) is 13.2 Å². The zero-order valence-electron chi connectivity index (χ0n) is 11.4. The van der Waals surface area contributed by atoms with Gasteiger partial charge in [0.25, 0.3) is 0 Å². The molecule has 0 amide bonds. The van der Waals surface area contributed by atoms with E-state index < -0.39 is 24.4 Å². The summed E-state index contributed by atoms with van der Waals surface area (Å²) in [6.07, 6.45) is -6.17. The zero-order chi connectivity index (χ0) is 14.8. The van der Waals surface area contributed by atoms with Crippen LogP contribution in [0.4, 0.5) is 13.2 Å². The molecule has 112 valence electrons. The Balaban J connectivity index is 2.69. The minimum Gasteiger partial charge on any atom is -0.460 e. The van der Waals surface area contributed by atoms with Crippen LogP contribution in [-0.4, -0.2) is 29.5 Å². The molecule has 0 aromatic rings. The number of ether oxygens (including phenoxy) is 1. The molecule has 0 saturated heterocycles. The fourth-order valence-corrected chi connectivity index (χ4v) is 2.60. The zero-order valence-corrected chi connectivity index (χ0v) is 11.4. The Kier molecular flexibility index (Phi) is 5.24. The fraction of sp³-hybridized carbons (Fsp3) is 0.923. The number of rotatable bonds is 3. The van der Waals surface area contributed by atoms with Gasteiger partial charge in [-0.25, -0.2) is 4.79 Å². The van der Waals surface area contributed by atoms with Crippen LogP contribution in [0.5, 0.6) is 0 Å². The number of alkyl halides is 3. The number of halogens is 3. The van der Waals surface area contributed by atoms with E-state index in [2.05, 4.69) is 0 Å². The van der Waals surface area contributed by atoms with E-state index in [9.17, 15) is 18.0 Å². The number of hydrogen-bond acceptors (Lipinski definition) is 3. The van der Waals surface area contributed by atoms with Crippen molar-refractivity contribution in [3.05, 3.63) is 0 Å². The molecular weight excluding hydrogens is 261 g/mol. The first-order valence-electron chi connectivity index (χ1n) is 6.58. The van der Waals surface area contributed by atoms with Crippen LogP contribution in [0.1, 0.15) is 40.0 Å². The molecular formula is C13H21F3O3. The highest BCUT2D eigenvalue weighted by molar-refractivity contribution is 5.75. The summed E-state index contributed by atoms with van der Waals surface area (Å²) in [7, 11) is 0. The van der Waals surface area contributed by atoms with Crippen LogP contribution >= 0.6 is 0 Å². The average Bonchev–Trinajstić information content (AvgIpc) is 2.26. The fourth-order valence-electron chi connectivity index (χ4n) is 2.60. The van der Waals surface area contributed by atoms with Crippen molar-refractivity contribution in [3.63, 3.8) is 0 Å². The molecule has 1 rings (SSSR count). The predicted octanol–water partition coefficient (Wildman–Crippen LogP) is 2.91. The summed E-state index contributed by atoms with van der Waals surface area (Å²) in [6, 6.07) is 0. The third kappa shape index (κ3) is 4.37. The lowest BCUT2D eigenvalue weighted by Gasteiger charge is -2.37. The van der Waals surface area contributed by atoms with E-state index in [4.69, 9.17) is 9.84 Å². The highest BCUT2D eigenvalue weighted by Crippen LogP contribution is 2.36. The van der Waals surface area contributed by atoms with Crippen molar-refractivity contribution in [3.8, 4) is 0 Å². The van der Waals surface area contributed by atoms with Crippen LogP contribution in [0.15, 0.2) is 0 Å². The van der Waals surface area contributed by atoms with Gasteiger partial charge < -0.3 is 9.84 Å². The quantitative estimate of drug-likeness (QED) is 0.810. The first kappa shape index (κ1) is 16.3. The SMILES string of the molecule is CC1CCC(C(C)C)C(OC(=O)C(O)C(F)(F)F)C1. The monoisotopic (exact) mass is 282 g/mol. The van der Waals surface area contributed by atoms with Crippen LogP contribution in [0, 0.1) is 17.8 Å². The molecule has 4 unspecified atom stereocenters. The number of carbonyl (C=O) groups is 1. The van der Waals surface area contributed by atoms with Crippen LogP contribution in [0.3, 0.4) is 0 Å². The van der Waals surface area contributed by atoms with Gasteiger partial charge in [-0.15, -0.1) is 0 Å². The molecule has 19 heavy (non-hydrogen) atoms. The first-order chi connectivity index (χ1) is 8.62. The van der Waals surface area contributed by atoms with Gasteiger partial charge in [-0.3, -0.25) is 0 Å². The number of carbonyl (C=O) groups excluding carboxylic acids is 1. The first-order valence-corrected chi connectivity index (χ1v) is 6.58. The Labute approximate surface area is 111 Å². The Morgan fingerprint density at radius 2 is 1.89 bits per heavy atom. The van der Waals surface area contributed by atoms with Gasteiger partial charge in [0, 0.05) is 0 Å². The van der Waals surface area contributed by atoms with Crippen molar-refractivity contribution in [2.75, 3.05) is 0 Å². The number of hydrogen-bond donors (Lipinski definition) is 1. The molecule has 1 N–H and O–H groups in total. The van der Waals surface area contributed by atoms with Crippen LogP contribution in [0.2, 0.25) is 0 Å². The molecule has 0 bridgehead atoms. The summed E-state index contributed by atoms with van der Waals surface area (Å²) in [5.74, 6) is -0.984. The molecule has 6 heteroatoms. The van der Waals surface area contributed by atoms with E-state index in [1.165, 1.54) is 0 Å². The highest BCUT2D eigenvalue weighted by Gasteiger charge is 2.46. The van der Waals surface area contributed by atoms with Gasteiger partial charge in [0.1, 0.15) is 6.10 Å². The lowest BCUT2D eigenvalue weighted by molar-refractivity contribution is -0.223. The highest BCUT2D eigenvalue weighted by atomic mass is 19.4. The number of esters is 1. The molecule has 0 aromatic heterocycles. The topological polar surface area (TPSA) is 46.5 Å². The van der Waals surface area contributed by atoms with Crippen molar-refractivity contribution >= 4 is 5.97 Å². The summed E-state index contributed by atoms with van der Waals surface area (Å²) < 4.78 is 41.6. The molecule has 4 atom stereocenters. The normalized spacial score (nSPS) is 30.2. The van der Waals surface area contributed by atoms with Crippen LogP contribution < -0.4 is 0 Å². The van der Waals surface area contributed by atoms with E-state index in [1.807, 2.05) is 20.8 Å². The van der Waals surface area contributed by atoms with Gasteiger partial charge in [0.2, 0.25) is 6.10 Å². The number of aliphatic hydroxyl groups is 1. The van der Waals surface area contributed by atoms with E-state index in [-0.39, 0.29) is 11.8 Å². The average molecular weight is 282 g/mol. The van der Waals surface area contributed by atoms with E-state index in [0.717, 1.165) is 12.8 Å². The minimum absolute atomic E-state index is 0.0561. The summed E-state index contributed by atoms with van der Waals surface area (Å²) in [5.41, 5.74) is 0. The molecule has 0 aliphatic heterocycles. The van der Waals surface area contributed by atoms with Crippen molar-refractivity contribution in [1.29, 1.82) is 0 Å². The summed E-state index contributed by atoms with van der Waals surface area (Å²) in [5, 5.41) is 8.88. The lowest BCUT2D eigenvalue weighted by Crippen LogP contribution is -2.43. The summed E-state index contributed by atoms with van der Waals surface area (Å²) >= 11 is 0. The minimum atomic E-state index is -4.97. The second kappa shape index (κ2) is 6.11. The van der Waals surface area contributed by atoms with E-state index >= 15 is 0 Å². The van der Waals surface area contributed by atoms with Gasteiger partial charge in [0.05, 0.1) is 0 Å². The Morgan fingerprint density at radius 3 is 2.37 bits per heavy atom. The van der Waals surface area contributed by atoms with Gasteiger partial charge in [0.15, 0.2) is 0 Å². The lowest BCUT2D eigenvalue weighted by atomic mass is 9.75. The van der Waals surface area contributed by atoms with E-state index in [1.54, 1.807) is 0 Å². The largest absolute Gasteiger partial charge is 0.460 e. The Morgan fingerprint density at radius 1 is 1.32 bits per heavy atom. The van der Waals surface area contributed by atoms with Crippen molar-refractivity contribution in [2.45, 2.75) is 58.4 Å². The molecule has 3 nitrogen and oxygen atoms in total. The van der Waals surface area contributed by atoms with Crippen LogP contribution in [-0.2, 0) is 9.53 Å². The third-order valence-electron chi connectivity index (χ3n) is 3.76. The number of aliphatic hydroxyl groups excluding tert-OH is 1. The molecule has 1 fully saturated rings. The molecule has 0 heterocycles. The smallest absolute Gasteiger partial charge is 0.425 e. The van der Waals surface area contributed by atoms with Crippen LogP contribution in [0.25, 0.3) is 0 Å². The summed E-state index contributed by atoms with van der Waals surface area (Å²) in [6.45, 7) is 5.90. The third-order valence-corrected chi connectivity index (χ3v) is 3.76. The second-order valence-corrected chi connectivity index (χ2v) is 5.75. The molecule has 1 saturated carbocycles. The molecule has 1 aliphatic rings. The maximum absolute atomic E-state index is 12.2. The maximum Gasteiger partial charge on any atom is 0.425 e. The van der Waals surface area contributed by atoms with Crippen molar-refractivity contribution in [2.24, 2.45) is 17.8 Å². The molecule has 0 aromatic carbocycles. The second-order valence-electron chi connectivity index (χ2n) is 5.75. The van der Waals surface area contributed by atoms with Crippen molar-refractivity contribution in [1.82, 2.24) is 0 Å². The van der Waals surface area contributed by atoms with Gasteiger partial charge >= 0.3 is 12.1 Å². The summed E-state index contributed by atoms with van der Waals surface area (Å²) in [4.78, 5) is 11.3. The van der Waals surface area contributed by atoms with Gasteiger partial charge in [-0.1, -0.05) is 27.2 Å². The molecule has 0 radical (unpaired) electrons. The molecule has 0 spiro atoms. The maximum atomic E-state index is 12.2.